The number of hydrogen-bond donors (Lipinski definition) is 0. The SMILES string of the molecule is CC(C)Oc1ccc(C=O)cc1OCC1CC1. The smallest absolute Gasteiger partial charge is 0.161 e. The van der Waals surface area contributed by atoms with Gasteiger partial charge in [-0.15, -0.1) is 0 Å². The summed E-state index contributed by atoms with van der Waals surface area (Å²) in [7, 11) is 0. The van der Waals surface area contributed by atoms with Crippen molar-refractivity contribution in [2.45, 2.75) is 32.8 Å². The van der Waals surface area contributed by atoms with Gasteiger partial charge in [-0.2, -0.15) is 0 Å². The zero-order valence-electron chi connectivity index (χ0n) is 10.3. The molecule has 1 saturated carbocycles. The number of carbonyl (C=O) groups excluding carboxylic acids is 1. The van der Waals surface area contributed by atoms with Crippen LogP contribution in [0.4, 0.5) is 0 Å². The van der Waals surface area contributed by atoms with Gasteiger partial charge in [-0.3, -0.25) is 4.79 Å². The van der Waals surface area contributed by atoms with Gasteiger partial charge >= 0.3 is 0 Å². The van der Waals surface area contributed by atoms with E-state index in [1.165, 1.54) is 12.8 Å². The van der Waals surface area contributed by atoms with Gasteiger partial charge in [0, 0.05) is 5.56 Å². The number of ether oxygens (including phenoxy) is 2. The van der Waals surface area contributed by atoms with Crippen molar-refractivity contribution in [3.63, 3.8) is 0 Å². The van der Waals surface area contributed by atoms with Crippen molar-refractivity contribution in [2.75, 3.05) is 6.61 Å². The quantitative estimate of drug-likeness (QED) is 0.709. The summed E-state index contributed by atoms with van der Waals surface area (Å²) in [6.45, 7) is 4.66. The molecule has 3 nitrogen and oxygen atoms in total. The highest BCUT2D eigenvalue weighted by Crippen LogP contribution is 2.33. The highest BCUT2D eigenvalue weighted by Gasteiger charge is 2.22. The van der Waals surface area contributed by atoms with Gasteiger partial charge in [-0.05, 0) is 50.8 Å². The number of benzene rings is 1. The summed E-state index contributed by atoms with van der Waals surface area (Å²) < 4.78 is 11.4. The molecule has 1 aromatic carbocycles. The molecule has 1 fully saturated rings. The van der Waals surface area contributed by atoms with Crippen LogP contribution < -0.4 is 9.47 Å². The van der Waals surface area contributed by atoms with E-state index in [0.717, 1.165) is 12.9 Å². The second-order valence-corrected chi connectivity index (χ2v) is 4.75. The van der Waals surface area contributed by atoms with Crippen LogP contribution in [0.5, 0.6) is 11.5 Å². The molecule has 0 unspecified atom stereocenters. The van der Waals surface area contributed by atoms with E-state index in [1.807, 2.05) is 13.8 Å². The molecule has 0 amide bonds. The molecule has 2 rings (SSSR count). The van der Waals surface area contributed by atoms with E-state index in [1.54, 1.807) is 18.2 Å². The van der Waals surface area contributed by atoms with Crippen molar-refractivity contribution in [1.82, 2.24) is 0 Å². The predicted octanol–water partition coefficient (Wildman–Crippen LogP) is 3.08. The minimum Gasteiger partial charge on any atom is -0.489 e. The molecule has 0 aromatic heterocycles. The van der Waals surface area contributed by atoms with Crippen LogP contribution in [0.2, 0.25) is 0 Å². The zero-order chi connectivity index (χ0) is 12.3. The van der Waals surface area contributed by atoms with Gasteiger partial charge in [0.1, 0.15) is 6.29 Å². The van der Waals surface area contributed by atoms with E-state index < -0.39 is 0 Å². The summed E-state index contributed by atoms with van der Waals surface area (Å²) in [4.78, 5) is 10.7. The van der Waals surface area contributed by atoms with Crippen molar-refractivity contribution in [2.24, 2.45) is 5.92 Å². The Balaban J connectivity index is 2.12. The third kappa shape index (κ3) is 3.48. The van der Waals surface area contributed by atoms with Crippen LogP contribution >= 0.6 is 0 Å². The Morgan fingerprint density at radius 3 is 2.71 bits per heavy atom. The van der Waals surface area contributed by atoms with E-state index in [0.29, 0.717) is 23.0 Å². The van der Waals surface area contributed by atoms with Gasteiger partial charge in [0.2, 0.25) is 0 Å². The second-order valence-electron chi connectivity index (χ2n) is 4.75. The molecule has 0 saturated heterocycles. The van der Waals surface area contributed by atoms with E-state index in [-0.39, 0.29) is 6.10 Å². The largest absolute Gasteiger partial charge is 0.489 e. The molecule has 0 bridgehead atoms. The highest BCUT2D eigenvalue weighted by atomic mass is 16.5. The molecular formula is C14H18O3. The number of rotatable bonds is 6. The summed E-state index contributed by atoms with van der Waals surface area (Å²) in [6.07, 6.45) is 3.41. The van der Waals surface area contributed by atoms with Crippen LogP contribution in [-0.2, 0) is 0 Å². The fraction of sp³-hybridized carbons (Fsp3) is 0.500. The Kier molecular flexibility index (Phi) is 3.67. The lowest BCUT2D eigenvalue weighted by molar-refractivity contribution is 0.112. The maximum atomic E-state index is 10.7. The molecule has 3 heteroatoms. The third-order valence-electron chi connectivity index (χ3n) is 2.64. The van der Waals surface area contributed by atoms with E-state index in [4.69, 9.17) is 9.47 Å². The lowest BCUT2D eigenvalue weighted by Crippen LogP contribution is -2.08. The first-order chi connectivity index (χ1) is 8.19. The minimum absolute atomic E-state index is 0.0976. The van der Waals surface area contributed by atoms with Crippen molar-refractivity contribution in [1.29, 1.82) is 0 Å². The standard InChI is InChI=1S/C14H18O3/c1-10(2)17-13-6-5-12(8-15)7-14(13)16-9-11-3-4-11/h5-8,10-11H,3-4,9H2,1-2H3. The highest BCUT2D eigenvalue weighted by molar-refractivity contribution is 5.76. The fourth-order valence-corrected chi connectivity index (χ4v) is 1.55. The average Bonchev–Trinajstić information content (AvgIpc) is 3.11. The minimum atomic E-state index is 0.0976. The van der Waals surface area contributed by atoms with Crippen LogP contribution in [0.3, 0.4) is 0 Å². The average molecular weight is 234 g/mol. The second kappa shape index (κ2) is 5.21. The van der Waals surface area contributed by atoms with Crippen LogP contribution in [0.25, 0.3) is 0 Å². The van der Waals surface area contributed by atoms with Crippen LogP contribution in [0.15, 0.2) is 18.2 Å². The maximum absolute atomic E-state index is 10.7. The molecular weight excluding hydrogens is 216 g/mol. The Labute approximate surface area is 102 Å². The fourth-order valence-electron chi connectivity index (χ4n) is 1.55. The number of carbonyl (C=O) groups is 1. The molecule has 0 N–H and O–H groups in total. The molecule has 1 aliphatic carbocycles. The molecule has 0 heterocycles. The van der Waals surface area contributed by atoms with E-state index in [2.05, 4.69) is 0 Å². The Morgan fingerprint density at radius 1 is 1.35 bits per heavy atom. The van der Waals surface area contributed by atoms with Crippen molar-refractivity contribution in [3.8, 4) is 11.5 Å². The topological polar surface area (TPSA) is 35.5 Å². The third-order valence-corrected chi connectivity index (χ3v) is 2.64. The van der Waals surface area contributed by atoms with Gasteiger partial charge in [-0.25, -0.2) is 0 Å². The summed E-state index contributed by atoms with van der Waals surface area (Å²) in [5, 5.41) is 0. The van der Waals surface area contributed by atoms with Gasteiger partial charge in [0.15, 0.2) is 11.5 Å². The van der Waals surface area contributed by atoms with Crippen molar-refractivity contribution >= 4 is 6.29 Å². The summed E-state index contributed by atoms with van der Waals surface area (Å²) >= 11 is 0. The van der Waals surface area contributed by atoms with Gasteiger partial charge in [-0.1, -0.05) is 0 Å². The van der Waals surface area contributed by atoms with Crippen LogP contribution in [0.1, 0.15) is 37.0 Å². The number of hydrogen-bond acceptors (Lipinski definition) is 3. The molecule has 1 aliphatic rings. The number of aldehydes is 1. The van der Waals surface area contributed by atoms with Crippen LogP contribution in [-0.4, -0.2) is 19.0 Å². The molecule has 1 aromatic rings. The van der Waals surface area contributed by atoms with Gasteiger partial charge in [0.05, 0.1) is 12.7 Å². The van der Waals surface area contributed by atoms with Gasteiger partial charge < -0.3 is 9.47 Å². The van der Waals surface area contributed by atoms with Crippen molar-refractivity contribution < 1.29 is 14.3 Å². The predicted molar refractivity (Wildman–Crippen MR) is 65.8 cm³/mol. The monoisotopic (exact) mass is 234 g/mol. The van der Waals surface area contributed by atoms with E-state index >= 15 is 0 Å². The lowest BCUT2D eigenvalue weighted by Gasteiger charge is -2.15. The zero-order valence-corrected chi connectivity index (χ0v) is 10.3. The Bertz CT molecular complexity index is 394. The molecule has 0 atom stereocenters. The van der Waals surface area contributed by atoms with Crippen LogP contribution in [0, 0.1) is 5.92 Å². The Morgan fingerprint density at radius 2 is 2.12 bits per heavy atom. The summed E-state index contributed by atoms with van der Waals surface area (Å²) in [6, 6.07) is 5.29. The molecule has 92 valence electrons. The van der Waals surface area contributed by atoms with E-state index in [9.17, 15) is 4.79 Å². The normalized spacial score (nSPS) is 14.8. The molecule has 17 heavy (non-hydrogen) atoms. The first kappa shape index (κ1) is 12.0. The van der Waals surface area contributed by atoms with Crippen molar-refractivity contribution in [3.05, 3.63) is 23.8 Å². The lowest BCUT2D eigenvalue weighted by atomic mass is 10.2. The first-order valence-electron chi connectivity index (χ1n) is 6.07. The summed E-state index contributed by atoms with van der Waals surface area (Å²) in [5.41, 5.74) is 0.618. The van der Waals surface area contributed by atoms with Gasteiger partial charge in [0.25, 0.3) is 0 Å². The molecule has 0 spiro atoms. The summed E-state index contributed by atoms with van der Waals surface area (Å²) in [5.74, 6) is 2.07. The Hall–Kier alpha value is -1.51. The first-order valence-corrected chi connectivity index (χ1v) is 6.07. The molecule has 0 aliphatic heterocycles. The maximum Gasteiger partial charge on any atom is 0.161 e. The molecule has 0 radical (unpaired) electrons.